The van der Waals surface area contributed by atoms with Crippen molar-refractivity contribution in [1.82, 2.24) is 4.90 Å². The van der Waals surface area contributed by atoms with Gasteiger partial charge in [0.05, 0.1) is 26.9 Å². The van der Waals surface area contributed by atoms with E-state index in [0.717, 1.165) is 24.3 Å². The number of methoxy groups -OCH3 is 1. The van der Waals surface area contributed by atoms with Crippen LogP contribution in [0.3, 0.4) is 0 Å². The lowest BCUT2D eigenvalue weighted by Gasteiger charge is -2.26. The summed E-state index contributed by atoms with van der Waals surface area (Å²) in [5.41, 5.74) is 1.11. The zero-order valence-corrected chi connectivity index (χ0v) is 19.1. The maximum Gasteiger partial charge on any atom is 0.267 e. The summed E-state index contributed by atoms with van der Waals surface area (Å²) in [6.45, 7) is 8.45. The van der Waals surface area contributed by atoms with Gasteiger partial charge in [-0.25, -0.2) is 0 Å². The molecule has 8 nitrogen and oxygen atoms in total. The molecule has 32 heavy (non-hydrogen) atoms. The number of aryl methyl sites for hydroxylation is 1. The summed E-state index contributed by atoms with van der Waals surface area (Å²) in [4.78, 5) is 27.2. The lowest BCUT2D eigenvalue weighted by molar-refractivity contribution is -0.128. The van der Waals surface area contributed by atoms with Crippen LogP contribution in [0.1, 0.15) is 19.4 Å². The summed E-state index contributed by atoms with van der Waals surface area (Å²) >= 11 is 0. The summed E-state index contributed by atoms with van der Waals surface area (Å²) in [6.07, 6.45) is 0. The van der Waals surface area contributed by atoms with Crippen LogP contribution < -0.4 is 20.1 Å². The predicted octanol–water partition coefficient (Wildman–Crippen LogP) is 3.07. The van der Waals surface area contributed by atoms with E-state index >= 15 is 0 Å². The largest absolute Gasteiger partial charge is 0.497 e. The Balaban J connectivity index is 1.57. The monoisotopic (exact) mass is 441 g/mol. The number of benzene rings is 2. The van der Waals surface area contributed by atoms with Crippen LogP contribution in [0.5, 0.6) is 11.5 Å². The molecule has 0 radical (unpaired) electrons. The van der Waals surface area contributed by atoms with E-state index in [1.165, 1.54) is 0 Å². The molecule has 1 aliphatic rings. The Morgan fingerprint density at radius 1 is 1.03 bits per heavy atom. The zero-order valence-electron chi connectivity index (χ0n) is 19.1. The van der Waals surface area contributed by atoms with Crippen LogP contribution in [-0.4, -0.2) is 62.3 Å². The number of anilines is 2. The Morgan fingerprint density at radius 2 is 1.69 bits per heavy atom. The molecule has 0 saturated carbocycles. The van der Waals surface area contributed by atoms with Gasteiger partial charge in [0.15, 0.2) is 5.60 Å². The molecule has 0 aromatic heterocycles. The number of amides is 2. The van der Waals surface area contributed by atoms with Gasteiger partial charge in [-0.2, -0.15) is 0 Å². The average Bonchev–Trinajstić information content (AvgIpc) is 2.76. The van der Waals surface area contributed by atoms with Crippen LogP contribution >= 0.6 is 0 Å². The second kappa shape index (κ2) is 10.5. The molecule has 2 amide bonds. The van der Waals surface area contributed by atoms with Gasteiger partial charge in [0, 0.05) is 24.5 Å². The van der Waals surface area contributed by atoms with Gasteiger partial charge in [-0.1, -0.05) is 0 Å². The second-order valence-corrected chi connectivity index (χ2v) is 8.21. The van der Waals surface area contributed by atoms with Crippen molar-refractivity contribution in [3.63, 3.8) is 0 Å². The zero-order chi connectivity index (χ0) is 23.1. The number of ether oxygens (including phenoxy) is 3. The third-order valence-electron chi connectivity index (χ3n) is 5.21. The average molecular weight is 442 g/mol. The first-order valence-corrected chi connectivity index (χ1v) is 10.6. The molecule has 0 spiro atoms. The minimum absolute atomic E-state index is 0.0687. The highest BCUT2D eigenvalue weighted by Crippen LogP contribution is 2.24. The fourth-order valence-electron chi connectivity index (χ4n) is 3.30. The Hall–Kier alpha value is -3.10. The molecule has 1 aliphatic heterocycles. The molecule has 2 N–H and O–H groups in total. The van der Waals surface area contributed by atoms with Gasteiger partial charge in [0.25, 0.3) is 5.91 Å². The molecule has 3 rings (SSSR count). The molecule has 1 saturated heterocycles. The quantitative estimate of drug-likeness (QED) is 0.655. The Bertz CT molecular complexity index is 937. The smallest absolute Gasteiger partial charge is 0.267 e. The van der Waals surface area contributed by atoms with E-state index in [4.69, 9.17) is 14.2 Å². The van der Waals surface area contributed by atoms with E-state index < -0.39 is 5.60 Å². The Kier molecular flexibility index (Phi) is 7.71. The standard InChI is InChI=1S/C24H31N3O5/c1-17-15-18(5-10-21(17)26-22(28)16-27-11-13-31-14-12-27)25-23(29)24(2,3)32-20-8-6-19(30-4)7-9-20/h5-10,15H,11-14,16H2,1-4H3,(H,25,29)(H,26,28). The summed E-state index contributed by atoms with van der Waals surface area (Å²) in [5, 5.41) is 5.83. The van der Waals surface area contributed by atoms with Crippen molar-refractivity contribution >= 4 is 23.2 Å². The lowest BCUT2D eigenvalue weighted by atomic mass is 10.1. The summed E-state index contributed by atoms with van der Waals surface area (Å²) in [6, 6.07) is 12.4. The fourth-order valence-corrected chi connectivity index (χ4v) is 3.30. The van der Waals surface area contributed by atoms with Gasteiger partial charge in [0.1, 0.15) is 11.5 Å². The first-order valence-electron chi connectivity index (χ1n) is 10.6. The van der Waals surface area contributed by atoms with Crippen molar-refractivity contribution in [3.8, 4) is 11.5 Å². The first-order chi connectivity index (χ1) is 15.3. The number of nitrogens with one attached hydrogen (secondary N) is 2. The van der Waals surface area contributed by atoms with Crippen LogP contribution in [0.2, 0.25) is 0 Å². The Labute approximate surface area is 188 Å². The molecule has 2 aromatic carbocycles. The number of carbonyl (C=O) groups is 2. The van der Waals surface area contributed by atoms with Crippen molar-refractivity contribution in [2.45, 2.75) is 26.4 Å². The van der Waals surface area contributed by atoms with Crippen molar-refractivity contribution < 1.29 is 23.8 Å². The van der Waals surface area contributed by atoms with E-state index in [1.807, 2.05) is 13.0 Å². The molecule has 0 unspecified atom stereocenters. The van der Waals surface area contributed by atoms with E-state index in [-0.39, 0.29) is 11.8 Å². The highest BCUT2D eigenvalue weighted by Gasteiger charge is 2.30. The number of nitrogens with zero attached hydrogens (tertiary/aromatic N) is 1. The number of hydrogen-bond acceptors (Lipinski definition) is 6. The summed E-state index contributed by atoms with van der Waals surface area (Å²) in [5.74, 6) is 0.935. The van der Waals surface area contributed by atoms with Crippen molar-refractivity contribution in [2.75, 3.05) is 50.6 Å². The molecule has 1 fully saturated rings. The van der Waals surface area contributed by atoms with Gasteiger partial charge in [-0.05, 0) is 68.8 Å². The van der Waals surface area contributed by atoms with Gasteiger partial charge < -0.3 is 24.8 Å². The van der Waals surface area contributed by atoms with Crippen LogP contribution in [0, 0.1) is 6.92 Å². The van der Waals surface area contributed by atoms with Crippen LogP contribution in [0.25, 0.3) is 0 Å². The molecule has 172 valence electrons. The third kappa shape index (κ3) is 6.45. The molecular weight excluding hydrogens is 410 g/mol. The number of rotatable bonds is 8. The molecular formula is C24H31N3O5. The first kappa shape index (κ1) is 23.6. The van der Waals surface area contributed by atoms with Crippen LogP contribution in [-0.2, 0) is 14.3 Å². The highest BCUT2D eigenvalue weighted by atomic mass is 16.5. The molecule has 8 heteroatoms. The SMILES string of the molecule is COc1ccc(OC(C)(C)C(=O)Nc2ccc(NC(=O)CN3CCOCC3)c(C)c2)cc1. The highest BCUT2D eigenvalue weighted by molar-refractivity contribution is 5.98. The minimum atomic E-state index is -1.09. The summed E-state index contributed by atoms with van der Waals surface area (Å²) in [7, 11) is 1.59. The van der Waals surface area contributed by atoms with Crippen molar-refractivity contribution in [3.05, 3.63) is 48.0 Å². The molecule has 1 heterocycles. The molecule has 0 bridgehead atoms. The Morgan fingerprint density at radius 3 is 2.31 bits per heavy atom. The maximum atomic E-state index is 12.8. The molecule has 0 aliphatic carbocycles. The third-order valence-corrected chi connectivity index (χ3v) is 5.21. The summed E-state index contributed by atoms with van der Waals surface area (Å²) < 4.78 is 16.3. The topological polar surface area (TPSA) is 89.1 Å². The predicted molar refractivity (Wildman–Crippen MR) is 123 cm³/mol. The van der Waals surface area contributed by atoms with Crippen LogP contribution in [0.15, 0.2) is 42.5 Å². The number of carbonyl (C=O) groups excluding carboxylic acids is 2. The van der Waals surface area contributed by atoms with E-state index in [0.29, 0.717) is 36.9 Å². The van der Waals surface area contributed by atoms with E-state index in [9.17, 15) is 9.59 Å². The van der Waals surface area contributed by atoms with Gasteiger partial charge in [-0.15, -0.1) is 0 Å². The number of hydrogen-bond donors (Lipinski definition) is 2. The normalized spacial score (nSPS) is 14.5. The molecule has 0 atom stereocenters. The second-order valence-electron chi connectivity index (χ2n) is 8.21. The molecule has 2 aromatic rings. The number of morpholine rings is 1. The van der Waals surface area contributed by atoms with Crippen molar-refractivity contribution in [2.24, 2.45) is 0 Å². The van der Waals surface area contributed by atoms with E-state index in [1.54, 1.807) is 57.4 Å². The van der Waals surface area contributed by atoms with E-state index in [2.05, 4.69) is 15.5 Å². The lowest BCUT2D eigenvalue weighted by Crippen LogP contribution is -2.42. The maximum absolute atomic E-state index is 12.8. The van der Waals surface area contributed by atoms with Gasteiger partial charge in [-0.3, -0.25) is 14.5 Å². The van der Waals surface area contributed by atoms with Crippen molar-refractivity contribution in [1.29, 1.82) is 0 Å². The van der Waals surface area contributed by atoms with Gasteiger partial charge >= 0.3 is 0 Å². The van der Waals surface area contributed by atoms with Gasteiger partial charge in [0.2, 0.25) is 5.91 Å². The van der Waals surface area contributed by atoms with Crippen LogP contribution in [0.4, 0.5) is 11.4 Å². The minimum Gasteiger partial charge on any atom is -0.497 e. The fraction of sp³-hybridized carbons (Fsp3) is 0.417.